The average Bonchev–Trinajstić information content (AvgIpc) is 2.61. The predicted molar refractivity (Wildman–Crippen MR) is 96.2 cm³/mol. The number of fused-ring (bicyclic) bond motifs is 1. The van der Waals surface area contributed by atoms with Gasteiger partial charge < -0.3 is 9.47 Å². The Kier molecular flexibility index (Phi) is 6.11. The van der Waals surface area contributed by atoms with Gasteiger partial charge in [-0.25, -0.2) is 9.59 Å². The normalized spacial score (nSPS) is 11.7. The molecule has 1 atom stereocenters. The first-order valence-corrected chi connectivity index (χ1v) is 8.20. The van der Waals surface area contributed by atoms with Crippen molar-refractivity contribution < 1.29 is 24.0 Å². The number of nitro benzene ring substituents is 1. The first-order valence-electron chi connectivity index (χ1n) is 8.20. The van der Waals surface area contributed by atoms with Crippen LogP contribution in [-0.2, 0) is 14.3 Å². The monoisotopic (exact) mass is 360 g/mol. The molecule has 0 saturated heterocycles. The van der Waals surface area contributed by atoms with E-state index < -0.39 is 23.0 Å². The minimum Gasteiger partial charge on any atom is -0.464 e. The Hall–Kier alpha value is -3.16. The molecule has 2 aromatic rings. The van der Waals surface area contributed by atoms with Gasteiger partial charge in [-0.05, 0) is 38.3 Å². The number of benzene rings is 2. The van der Waals surface area contributed by atoms with Crippen LogP contribution in [0.15, 0.2) is 36.4 Å². The van der Waals surface area contributed by atoms with E-state index in [0.717, 1.165) is 4.90 Å². The van der Waals surface area contributed by atoms with Crippen molar-refractivity contribution in [3.05, 3.63) is 46.5 Å². The van der Waals surface area contributed by atoms with Gasteiger partial charge in [-0.3, -0.25) is 15.0 Å². The third-order valence-electron chi connectivity index (χ3n) is 3.80. The highest BCUT2D eigenvalue weighted by molar-refractivity contribution is 6.00. The molecule has 0 spiro atoms. The van der Waals surface area contributed by atoms with Gasteiger partial charge >= 0.3 is 12.1 Å². The highest BCUT2D eigenvalue weighted by Gasteiger charge is 2.30. The molecule has 0 N–H and O–H groups in total. The lowest BCUT2D eigenvalue weighted by Gasteiger charge is -2.27. The molecule has 1 unspecified atom stereocenters. The Labute approximate surface area is 150 Å². The van der Waals surface area contributed by atoms with Gasteiger partial charge in [0, 0.05) is 11.8 Å². The summed E-state index contributed by atoms with van der Waals surface area (Å²) in [6, 6.07) is 8.52. The molecule has 8 heteroatoms. The number of rotatable bonds is 6. The molecule has 0 saturated carbocycles. The maximum Gasteiger partial charge on any atom is 0.415 e. The zero-order chi connectivity index (χ0) is 19.3. The predicted octanol–water partition coefficient (Wildman–Crippen LogP) is 3.66. The van der Waals surface area contributed by atoms with Crippen LogP contribution in [0.1, 0.15) is 20.8 Å². The van der Waals surface area contributed by atoms with Crippen LogP contribution in [0.4, 0.5) is 16.2 Å². The van der Waals surface area contributed by atoms with Crippen LogP contribution < -0.4 is 4.90 Å². The SMILES string of the molecule is CCOC(=O)C(C)N(C(=O)OCC)c1ccc2cccc([N+](=O)[O-])c2c1. The minimum atomic E-state index is -0.950. The summed E-state index contributed by atoms with van der Waals surface area (Å²) in [5, 5.41) is 12.3. The summed E-state index contributed by atoms with van der Waals surface area (Å²) in [7, 11) is 0. The van der Waals surface area contributed by atoms with Crippen LogP contribution in [0.5, 0.6) is 0 Å². The molecule has 0 aliphatic carbocycles. The summed E-state index contributed by atoms with van der Waals surface area (Å²) in [4.78, 5) is 36.5. The molecule has 0 aliphatic heterocycles. The van der Waals surface area contributed by atoms with Gasteiger partial charge in [0.05, 0.1) is 23.5 Å². The summed E-state index contributed by atoms with van der Waals surface area (Å²) >= 11 is 0. The summed E-state index contributed by atoms with van der Waals surface area (Å²) < 4.78 is 10.0. The third-order valence-corrected chi connectivity index (χ3v) is 3.80. The van der Waals surface area contributed by atoms with E-state index in [0.29, 0.717) is 16.5 Å². The molecule has 0 heterocycles. The second-order valence-electron chi connectivity index (χ2n) is 5.44. The number of carbonyl (C=O) groups is 2. The first-order chi connectivity index (χ1) is 12.4. The fraction of sp³-hybridized carbons (Fsp3) is 0.333. The molecule has 0 fully saturated rings. The second-order valence-corrected chi connectivity index (χ2v) is 5.44. The maximum absolute atomic E-state index is 12.4. The molecule has 0 radical (unpaired) electrons. The minimum absolute atomic E-state index is 0.0862. The van der Waals surface area contributed by atoms with Crippen molar-refractivity contribution >= 4 is 34.2 Å². The smallest absolute Gasteiger partial charge is 0.415 e. The Morgan fingerprint density at radius 1 is 1.15 bits per heavy atom. The standard InChI is InChI=1S/C18H20N2O6/c1-4-25-17(21)12(3)19(18(22)26-5-2)14-10-9-13-7-6-8-16(20(23)24)15(13)11-14/h6-12H,4-5H2,1-3H3. The van der Waals surface area contributed by atoms with Crippen molar-refractivity contribution in [1.82, 2.24) is 0 Å². The third kappa shape index (κ3) is 3.90. The number of nitro groups is 1. The molecular weight excluding hydrogens is 340 g/mol. The molecule has 26 heavy (non-hydrogen) atoms. The molecule has 2 rings (SSSR count). The molecule has 0 aliphatic rings. The number of anilines is 1. The van der Waals surface area contributed by atoms with E-state index in [1.807, 2.05) is 0 Å². The summed E-state index contributed by atoms with van der Waals surface area (Å²) in [5.74, 6) is -0.594. The fourth-order valence-electron chi connectivity index (χ4n) is 2.60. The van der Waals surface area contributed by atoms with Crippen molar-refractivity contribution in [2.24, 2.45) is 0 Å². The largest absolute Gasteiger partial charge is 0.464 e. The second kappa shape index (κ2) is 8.28. The molecule has 2 aromatic carbocycles. The van der Waals surface area contributed by atoms with Gasteiger partial charge in [0.15, 0.2) is 0 Å². The number of ether oxygens (including phenoxy) is 2. The van der Waals surface area contributed by atoms with Crippen molar-refractivity contribution in [3.63, 3.8) is 0 Å². The fourth-order valence-corrected chi connectivity index (χ4v) is 2.60. The molecule has 8 nitrogen and oxygen atoms in total. The van der Waals surface area contributed by atoms with Gasteiger partial charge in [-0.2, -0.15) is 0 Å². The summed E-state index contributed by atoms with van der Waals surface area (Å²) in [6.07, 6.45) is -0.731. The van der Waals surface area contributed by atoms with E-state index in [2.05, 4.69) is 0 Å². The Morgan fingerprint density at radius 2 is 1.85 bits per heavy atom. The molecule has 138 valence electrons. The lowest BCUT2D eigenvalue weighted by molar-refractivity contribution is -0.383. The lowest BCUT2D eigenvalue weighted by Crippen LogP contribution is -2.44. The molecular formula is C18H20N2O6. The van der Waals surface area contributed by atoms with Crippen LogP contribution in [0.2, 0.25) is 0 Å². The van der Waals surface area contributed by atoms with Crippen molar-refractivity contribution in [2.75, 3.05) is 18.1 Å². The van der Waals surface area contributed by atoms with Crippen molar-refractivity contribution in [1.29, 1.82) is 0 Å². The van der Waals surface area contributed by atoms with Crippen molar-refractivity contribution in [3.8, 4) is 0 Å². The van der Waals surface area contributed by atoms with Crippen LogP contribution >= 0.6 is 0 Å². The zero-order valence-corrected chi connectivity index (χ0v) is 14.8. The number of carbonyl (C=O) groups excluding carboxylic acids is 2. The van der Waals surface area contributed by atoms with Crippen molar-refractivity contribution in [2.45, 2.75) is 26.8 Å². The molecule has 0 bridgehead atoms. The maximum atomic E-state index is 12.4. The van der Waals surface area contributed by atoms with Crippen LogP contribution in [-0.4, -0.2) is 36.2 Å². The van der Waals surface area contributed by atoms with E-state index in [1.54, 1.807) is 38.1 Å². The van der Waals surface area contributed by atoms with E-state index in [4.69, 9.17) is 9.47 Å². The van der Waals surface area contributed by atoms with E-state index in [-0.39, 0.29) is 18.9 Å². The number of esters is 1. The Balaban J connectivity index is 2.56. The summed E-state index contributed by atoms with van der Waals surface area (Å²) in [6.45, 7) is 5.12. The van der Waals surface area contributed by atoms with Gasteiger partial charge in [-0.1, -0.05) is 18.2 Å². The highest BCUT2D eigenvalue weighted by atomic mass is 16.6. The highest BCUT2D eigenvalue weighted by Crippen LogP contribution is 2.30. The molecule has 1 amide bonds. The Morgan fingerprint density at radius 3 is 2.46 bits per heavy atom. The van der Waals surface area contributed by atoms with Gasteiger partial charge in [0.25, 0.3) is 5.69 Å². The van der Waals surface area contributed by atoms with E-state index >= 15 is 0 Å². The first kappa shape index (κ1) is 19.2. The number of hydrogen-bond donors (Lipinski definition) is 0. The topological polar surface area (TPSA) is 99.0 Å². The summed E-state index contributed by atoms with van der Waals surface area (Å²) in [5.41, 5.74) is 0.225. The number of amides is 1. The number of hydrogen-bond acceptors (Lipinski definition) is 6. The van der Waals surface area contributed by atoms with Crippen LogP contribution in [0, 0.1) is 10.1 Å². The van der Waals surface area contributed by atoms with Gasteiger partial charge in [0.1, 0.15) is 6.04 Å². The van der Waals surface area contributed by atoms with Gasteiger partial charge in [0.2, 0.25) is 0 Å². The molecule has 0 aromatic heterocycles. The van der Waals surface area contributed by atoms with Gasteiger partial charge in [-0.15, -0.1) is 0 Å². The lowest BCUT2D eigenvalue weighted by atomic mass is 10.1. The number of non-ortho nitro benzene ring substituents is 1. The van der Waals surface area contributed by atoms with Crippen LogP contribution in [0.3, 0.4) is 0 Å². The van der Waals surface area contributed by atoms with Crippen LogP contribution in [0.25, 0.3) is 10.8 Å². The van der Waals surface area contributed by atoms with E-state index in [1.165, 1.54) is 19.1 Å². The van der Waals surface area contributed by atoms with E-state index in [9.17, 15) is 19.7 Å². The quantitative estimate of drug-likeness (QED) is 0.443. The average molecular weight is 360 g/mol. The number of nitrogens with zero attached hydrogens (tertiary/aromatic N) is 2. The zero-order valence-electron chi connectivity index (χ0n) is 14.8. The Bertz CT molecular complexity index is 836.